The van der Waals surface area contributed by atoms with E-state index < -0.39 is 0 Å². The fourth-order valence-corrected chi connectivity index (χ4v) is 5.35. The molecule has 1 saturated heterocycles. The summed E-state index contributed by atoms with van der Waals surface area (Å²) in [5.74, 6) is 1.60. The van der Waals surface area contributed by atoms with Crippen molar-refractivity contribution in [1.82, 2.24) is 24.8 Å². The van der Waals surface area contributed by atoms with Crippen molar-refractivity contribution in [3.05, 3.63) is 65.9 Å². The number of aromatic nitrogens is 4. The molecule has 0 saturated carbocycles. The Morgan fingerprint density at radius 3 is 3.08 bits per heavy atom. The molecule has 1 atom stereocenters. The Labute approximate surface area is 213 Å². The van der Waals surface area contributed by atoms with Crippen LogP contribution in [0, 0.1) is 0 Å². The van der Waals surface area contributed by atoms with Gasteiger partial charge in [-0.15, -0.1) is 0 Å². The van der Waals surface area contributed by atoms with E-state index in [1.165, 1.54) is 0 Å². The van der Waals surface area contributed by atoms with E-state index in [0.717, 1.165) is 52.8 Å². The number of aliphatic imine (C=N–C) groups is 1. The number of hydrogen-bond donors (Lipinski definition) is 2. The number of fused-ring (bicyclic) bond motifs is 1. The lowest BCUT2D eigenvalue weighted by atomic mass is 9.94. The number of amides is 1. The van der Waals surface area contributed by atoms with Crippen LogP contribution in [0.5, 0.6) is 5.75 Å². The van der Waals surface area contributed by atoms with Crippen molar-refractivity contribution in [2.75, 3.05) is 31.6 Å². The predicted octanol–water partition coefficient (Wildman–Crippen LogP) is 3.05. The highest BCUT2D eigenvalue weighted by Crippen LogP contribution is 2.36. The van der Waals surface area contributed by atoms with Crippen molar-refractivity contribution in [2.45, 2.75) is 25.4 Å². The summed E-state index contributed by atoms with van der Waals surface area (Å²) in [6.45, 7) is 2.26. The molecule has 0 aliphatic carbocycles. The third kappa shape index (κ3) is 4.14. The fourth-order valence-electron chi connectivity index (χ4n) is 5.35. The lowest BCUT2D eigenvalue weighted by molar-refractivity contribution is 0.0753. The summed E-state index contributed by atoms with van der Waals surface area (Å²) >= 11 is 0. The van der Waals surface area contributed by atoms with Crippen molar-refractivity contribution >= 4 is 39.9 Å². The number of nitrogens with two attached hydrogens (primary N) is 1. The SMILES string of the molecule is CN=CC=C(N)CN1Cc2ccc(OC[C@H]3CCCN3c3ncnc4nc[nH]c34)c3cccc(c23)C1=O. The Balaban J connectivity index is 1.24. The van der Waals surface area contributed by atoms with Crippen LogP contribution in [-0.4, -0.2) is 69.7 Å². The molecular weight excluding hydrogens is 468 g/mol. The molecule has 37 heavy (non-hydrogen) atoms. The van der Waals surface area contributed by atoms with Crippen molar-refractivity contribution < 1.29 is 9.53 Å². The minimum atomic E-state index is -0.0330. The molecule has 10 nitrogen and oxygen atoms in total. The number of carbonyl (C=O) groups is 1. The molecule has 4 heterocycles. The van der Waals surface area contributed by atoms with Crippen LogP contribution in [0.4, 0.5) is 5.82 Å². The normalized spacial score (nSPS) is 18.0. The number of carbonyl (C=O) groups excluding carboxylic acids is 1. The van der Waals surface area contributed by atoms with E-state index in [2.05, 4.69) is 35.9 Å². The monoisotopic (exact) mass is 496 g/mol. The fraction of sp³-hybridized carbons (Fsp3) is 0.296. The van der Waals surface area contributed by atoms with Crippen molar-refractivity contribution in [2.24, 2.45) is 10.7 Å². The van der Waals surface area contributed by atoms with Gasteiger partial charge in [-0.25, -0.2) is 15.0 Å². The highest BCUT2D eigenvalue weighted by Gasteiger charge is 2.30. The van der Waals surface area contributed by atoms with E-state index in [1.54, 1.807) is 36.9 Å². The number of ether oxygens (including phenoxy) is 1. The molecular formula is C27H28N8O2. The first-order valence-electron chi connectivity index (χ1n) is 12.4. The van der Waals surface area contributed by atoms with Crippen molar-refractivity contribution in [3.63, 3.8) is 0 Å². The van der Waals surface area contributed by atoms with Gasteiger partial charge in [-0.1, -0.05) is 18.2 Å². The number of aromatic amines is 1. The molecule has 2 aromatic heterocycles. The van der Waals surface area contributed by atoms with Gasteiger partial charge >= 0.3 is 0 Å². The first-order chi connectivity index (χ1) is 18.1. The average molecular weight is 497 g/mol. The van der Waals surface area contributed by atoms with Gasteiger partial charge in [0.1, 0.15) is 24.2 Å². The van der Waals surface area contributed by atoms with Crippen LogP contribution in [0.15, 0.2) is 59.8 Å². The van der Waals surface area contributed by atoms with E-state index in [0.29, 0.717) is 36.6 Å². The maximum Gasteiger partial charge on any atom is 0.255 e. The molecule has 6 rings (SSSR count). The number of nitrogens with zero attached hydrogens (tertiary/aromatic N) is 6. The average Bonchev–Trinajstić information content (AvgIpc) is 3.59. The summed E-state index contributed by atoms with van der Waals surface area (Å²) in [5.41, 5.74) is 9.96. The largest absolute Gasteiger partial charge is 0.491 e. The van der Waals surface area contributed by atoms with Gasteiger partial charge in [-0.05, 0) is 36.6 Å². The molecule has 1 fully saturated rings. The number of imidazole rings is 1. The van der Waals surface area contributed by atoms with Crippen LogP contribution in [0.1, 0.15) is 28.8 Å². The second-order valence-electron chi connectivity index (χ2n) is 9.36. The van der Waals surface area contributed by atoms with Crippen molar-refractivity contribution in [3.8, 4) is 5.75 Å². The molecule has 1 amide bonds. The number of anilines is 1. The Kier molecular flexibility index (Phi) is 5.91. The zero-order chi connectivity index (χ0) is 25.4. The zero-order valence-electron chi connectivity index (χ0n) is 20.6. The first kappa shape index (κ1) is 23.0. The van der Waals surface area contributed by atoms with Gasteiger partial charge < -0.3 is 25.3 Å². The second kappa shape index (κ2) is 9.53. The van der Waals surface area contributed by atoms with Crippen molar-refractivity contribution in [1.29, 1.82) is 0 Å². The van der Waals surface area contributed by atoms with E-state index in [9.17, 15) is 4.79 Å². The topological polar surface area (TPSA) is 126 Å². The quantitative estimate of drug-likeness (QED) is 0.377. The molecule has 0 radical (unpaired) electrons. The summed E-state index contributed by atoms with van der Waals surface area (Å²) in [7, 11) is 1.69. The van der Waals surface area contributed by atoms with E-state index in [-0.39, 0.29) is 11.9 Å². The summed E-state index contributed by atoms with van der Waals surface area (Å²) in [6, 6.07) is 10.1. The number of allylic oxidation sites excluding steroid dienone is 1. The molecule has 0 spiro atoms. The molecule has 4 aromatic rings. The molecule has 188 valence electrons. The predicted molar refractivity (Wildman–Crippen MR) is 143 cm³/mol. The summed E-state index contributed by atoms with van der Waals surface area (Å²) in [6.07, 6.45) is 8.63. The molecule has 2 aromatic carbocycles. The standard InChI is InChI=1S/C27H28N8O2/c1-29-10-9-18(28)13-34-12-17-7-8-22(20-5-2-6-21(23(17)20)27(34)36)37-14-19-4-3-11-35(19)26-24-25(31-15-30-24)32-16-33-26/h2,5-10,15-16,19H,3-4,11-14,28H2,1H3,(H,30,31,32,33)/t19-/m1/s1. The first-order valence-corrected chi connectivity index (χ1v) is 12.4. The highest BCUT2D eigenvalue weighted by atomic mass is 16.5. The van der Waals surface area contributed by atoms with Crippen LogP contribution >= 0.6 is 0 Å². The minimum Gasteiger partial charge on any atom is -0.491 e. The van der Waals surface area contributed by atoms with Crippen LogP contribution in [0.2, 0.25) is 0 Å². The highest BCUT2D eigenvalue weighted by molar-refractivity contribution is 6.11. The van der Waals surface area contributed by atoms with Crippen LogP contribution in [-0.2, 0) is 6.54 Å². The lowest BCUT2D eigenvalue weighted by Gasteiger charge is -2.30. The van der Waals surface area contributed by atoms with Gasteiger partial charge in [0.15, 0.2) is 11.5 Å². The van der Waals surface area contributed by atoms with E-state index in [1.807, 2.05) is 24.3 Å². The smallest absolute Gasteiger partial charge is 0.255 e. The Bertz CT molecular complexity index is 1540. The lowest BCUT2D eigenvalue weighted by Crippen LogP contribution is -2.37. The third-order valence-corrected chi connectivity index (χ3v) is 7.06. The zero-order valence-corrected chi connectivity index (χ0v) is 20.6. The molecule has 0 bridgehead atoms. The van der Waals surface area contributed by atoms with Gasteiger partial charge in [0, 0.05) is 48.4 Å². The minimum absolute atomic E-state index is 0.0330. The van der Waals surface area contributed by atoms with Gasteiger partial charge in [0.25, 0.3) is 5.91 Å². The van der Waals surface area contributed by atoms with Gasteiger partial charge in [0.05, 0.1) is 18.9 Å². The molecule has 0 unspecified atom stereocenters. The number of H-pyrrole nitrogens is 1. The van der Waals surface area contributed by atoms with Crippen LogP contribution < -0.4 is 15.4 Å². The maximum atomic E-state index is 13.3. The molecule has 2 aliphatic rings. The molecule has 2 aliphatic heterocycles. The number of benzene rings is 2. The van der Waals surface area contributed by atoms with Gasteiger partial charge in [-0.2, -0.15) is 0 Å². The molecule has 3 N–H and O–H groups in total. The summed E-state index contributed by atoms with van der Waals surface area (Å²) in [5, 5.41) is 1.91. The summed E-state index contributed by atoms with van der Waals surface area (Å²) in [4.78, 5) is 37.5. The molecule has 10 heteroatoms. The Morgan fingerprint density at radius 2 is 2.19 bits per heavy atom. The van der Waals surface area contributed by atoms with Gasteiger partial charge in [0.2, 0.25) is 0 Å². The maximum absolute atomic E-state index is 13.3. The second-order valence-corrected chi connectivity index (χ2v) is 9.36. The number of hydrogen-bond acceptors (Lipinski definition) is 8. The Morgan fingerprint density at radius 1 is 1.27 bits per heavy atom. The summed E-state index contributed by atoms with van der Waals surface area (Å²) < 4.78 is 6.42. The van der Waals surface area contributed by atoms with Crippen LogP contribution in [0.25, 0.3) is 21.9 Å². The van der Waals surface area contributed by atoms with Gasteiger partial charge in [-0.3, -0.25) is 9.79 Å². The number of rotatable bonds is 7. The Hall–Kier alpha value is -4.47. The van der Waals surface area contributed by atoms with E-state index >= 15 is 0 Å². The number of nitrogens with one attached hydrogen (secondary N) is 1. The van der Waals surface area contributed by atoms with E-state index in [4.69, 9.17) is 10.5 Å². The third-order valence-electron chi connectivity index (χ3n) is 7.06. The van der Waals surface area contributed by atoms with Crippen LogP contribution in [0.3, 0.4) is 0 Å².